The molecule has 0 unspecified atom stereocenters. The average Bonchev–Trinajstić information content (AvgIpc) is 2.71. The zero-order valence-electron chi connectivity index (χ0n) is 7.60. The standard InChI is InChI=1S/C9H10N2O2S/c12-7-1-4-11(5-2-7)9(13)8-10-3-6-14-8/h3,6H,1-2,4-5H2. The predicted octanol–water partition coefficient (Wildman–Crippen LogP) is 0.948. The van der Waals surface area contributed by atoms with Crippen molar-refractivity contribution in [1.29, 1.82) is 0 Å². The van der Waals surface area contributed by atoms with E-state index in [-0.39, 0.29) is 11.7 Å². The zero-order valence-corrected chi connectivity index (χ0v) is 8.42. The molecule has 1 aliphatic rings. The van der Waals surface area contributed by atoms with Gasteiger partial charge in [-0.2, -0.15) is 0 Å². The third-order valence-corrected chi connectivity index (χ3v) is 2.98. The normalized spacial score (nSPS) is 17.1. The van der Waals surface area contributed by atoms with Gasteiger partial charge in [0.25, 0.3) is 5.91 Å². The fraction of sp³-hybridized carbons (Fsp3) is 0.444. The molecule has 0 aliphatic carbocycles. The molecule has 4 nitrogen and oxygen atoms in total. The smallest absolute Gasteiger partial charge is 0.282 e. The number of carbonyl (C=O) groups is 2. The van der Waals surface area contributed by atoms with Gasteiger partial charge in [0.1, 0.15) is 5.78 Å². The number of likely N-dealkylation sites (tertiary alicyclic amines) is 1. The monoisotopic (exact) mass is 210 g/mol. The molecule has 0 spiro atoms. The number of thiazole rings is 1. The van der Waals surface area contributed by atoms with Crippen molar-refractivity contribution in [2.45, 2.75) is 12.8 Å². The Balaban J connectivity index is 2.03. The summed E-state index contributed by atoms with van der Waals surface area (Å²) in [5.74, 6) is 0.195. The molecule has 1 aliphatic heterocycles. The van der Waals surface area contributed by atoms with Crippen molar-refractivity contribution in [1.82, 2.24) is 9.88 Å². The van der Waals surface area contributed by atoms with E-state index in [2.05, 4.69) is 4.98 Å². The van der Waals surface area contributed by atoms with E-state index < -0.39 is 0 Å². The van der Waals surface area contributed by atoms with Crippen molar-refractivity contribution in [3.8, 4) is 0 Å². The molecule has 0 N–H and O–H groups in total. The van der Waals surface area contributed by atoms with Crippen LogP contribution in [0.5, 0.6) is 0 Å². The quantitative estimate of drug-likeness (QED) is 0.693. The summed E-state index contributed by atoms with van der Waals surface area (Å²) in [7, 11) is 0. The first-order chi connectivity index (χ1) is 6.77. The van der Waals surface area contributed by atoms with Gasteiger partial charge in [-0.25, -0.2) is 4.98 Å². The van der Waals surface area contributed by atoms with Crippen molar-refractivity contribution in [3.63, 3.8) is 0 Å². The minimum absolute atomic E-state index is 0.0486. The van der Waals surface area contributed by atoms with Gasteiger partial charge < -0.3 is 4.90 Å². The molecule has 74 valence electrons. The van der Waals surface area contributed by atoms with Gasteiger partial charge in [0.15, 0.2) is 5.01 Å². The molecule has 0 radical (unpaired) electrons. The number of carbonyl (C=O) groups excluding carboxylic acids is 2. The van der Waals surface area contributed by atoms with Gasteiger partial charge in [0, 0.05) is 37.5 Å². The molecule has 1 saturated heterocycles. The molecule has 2 rings (SSSR count). The Morgan fingerprint density at radius 2 is 2.14 bits per heavy atom. The maximum atomic E-state index is 11.7. The topological polar surface area (TPSA) is 50.3 Å². The van der Waals surface area contributed by atoms with Gasteiger partial charge in [-0.05, 0) is 0 Å². The summed E-state index contributed by atoms with van der Waals surface area (Å²) in [5.41, 5.74) is 0. The van der Waals surface area contributed by atoms with E-state index in [4.69, 9.17) is 0 Å². The van der Waals surface area contributed by atoms with E-state index in [0.717, 1.165) is 0 Å². The number of piperidine rings is 1. The molecule has 1 aromatic heterocycles. The molecule has 1 aromatic rings. The highest BCUT2D eigenvalue weighted by Gasteiger charge is 2.22. The minimum atomic E-state index is -0.0486. The van der Waals surface area contributed by atoms with Crippen molar-refractivity contribution in [2.75, 3.05) is 13.1 Å². The second-order valence-corrected chi connectivity index (χ2v) is 4.06. The Morgan fingerprint density at radius 1 is 1.43 bits per heavy atom. The van der Waals surface area contributed by atoms with Crippen LogP contribution in [0.2, 0.25) is 0 Å². The number of Topliss-reactive ketones (excluding diaryl/α,β-unsaturated/α-hetero) is 1. The summed E-state index contributed by atoms with van der Waals surface area (Å²) < 4.78 is 0. The second-order valence-electron chi connectivity index (χ2n) is 3.17. The number of nitrogens with zero attached hydrogens (tertiary/aromatic N) is 2. The molecular weight excluding hydrogens is 200 g/mol. The highest BCUT2D eigenvalue weighted by molar-refractivity contribution is 7.11. The van der Waals surface area contributed by atoms with Crippen LogP contribution in [0.4, 0.5) is 0 Å². The van der Waals surface area contributed by atoms with Crippen LogP contribution in [-0.4, -0.2) is 34.7 Å². The first kappa shape index (κ1) is 9.33. The van der Waals surface area contributed by atoms with Gasteiger partial charge in [-0.1, -0.05) is 0 Å². The largest absolute Gasteiger partial charge is 0.336 e. The third kappa shape index (κ3) is 1.82. The van der Waals surface area contributed by atoms with Crippen LogP contribution >= 0.6 is 11.3 Å². The molecule has 0 atom stereocenters. The SMILES string of the molecule is O=C1CCN(C(=O)c2nccs2)CC1. The molecular formula is C9H10N2O2S. The van der Waals surface area contributed by atoms with Crippen molar-refractivity contribution in [2.24, 2.45) is 0 Å². The Bertz CT molecular complexity index is 338. The molecule has 14 heavy (non-hydrogen) atoms. The Labute approximate surface area is 85.6 Å². The zero-order chi connectivity index (χ0) is 9.97. The van der Waals surface area contributed by atoms with Crippen LogP contribution in [0.3, 0.4) is 0 Å². The number of amides is 1. The summed E-state index contributed by atoms with van der Waals surface area (Å²) >= 11 is 1.34. The first-order valence-electron chi connectivity index (χ1n) is 4.48. The predicted molar refractivity (Wildman–Crippen MR) is 52.3 cm³/mol. The highest BCUT2D eigenvalue weighted by atomic mass is 32.1. The number of hydrogen-bond acceptors (Lipinski definition) is 4. The maximum absolute atomic E-state index is 11.7. The number of ketones is 1. The summed E-state index contributed by atoms with van der Waals surface area (Å²) in [5, 5.41) is 2.29. The van der Waals surface area contributed by atoms with Gasteiger partial charge in [-0.3, -0.25) is 9.59 Å². The maximum Gasteiger partial charge on any atom is 0.282 e. The molecule has 0 saturated carbocycles. The minimum Gasteiger partial charge on any atom is -0.336 e. The van der Waals surface area contributed by atoms with E-state index in [1.165, 1.54) is 11.3 Å². The van der Waals surface area contributed by atoms with Gasteiger partial charge in [-0.15, -0.1) is 11.3 Å². The van der Waals surface area contributed by atoms with Crippen molar-refractivity contribution < 1.29 is 9.59 Å². The number of rotatable bonds is 1. The van der Waals surface area contributed by atoms with Crippen LogP contribution in [0.15, 0.2) is 11.6 Å². The van der Waals surface area contributed by atoms with Crippen LogP contribution in [-0.2, 0) is 4.79 Å². The summed E-state index contributed by atoms with van der Waals surface area (Å²) in [6, 6.07) is 0. The van der Waals surface area contributed by atoms with E-state index in [9.17, 15) is 9.59 Å². The van der Waals surface area contributed by atoms with E-state index >= 15 is 0 Å². The lowest BCUT2D eigenvalue weighted by Crippen LogP contribution is -2.38. The first-order valence-corrected chi connectivity index (χ1v) is 5.36. The van der Waals surface area contributed by atoms with Gasteiger partial charge in [0.2, 0.25) is 0 Å². The average molecular weight is 210 g/mol. The molecule has 1 fully saturated rings. The fourth-order valence-electron chi connectivity index (χ4n) is 1.42. The van der Waals surface area contributed by atoms with E-state index in [1.807, 2.05) is 0 Å². The van der Waals surface area contributed by atoms with Crippen molar-refractivity contribution in [3.05, 3.63) is 16.6 Å². The fourth-order valence-corrected chi connectivity index (χ4v) is 2.03. The summed E-state index contributed by atoms with van der Waals surface area (Å²) in [6.45, 7) is 1.08. The molecule has 1 amide bonds. The van der Waals surface area contributed by atoms with Crippen molar-refractivity contribution >= 4 is 23.0 Å². The van der Waals surface area contributed by atoms with Crippen LogP contribution in [0, 0.1) is 0 Å². The van der Waals surface area contributed by atoms with Crippen LogP contribution in [0.25, 0.3) is 0 Å². The van der Waals surface area contributed by atoms with Gasteiger partial charge in [0.05, 0.1) is 0 Å². The lowest BCUT2D eigenvalue weighted by Gasteiger charge is -2.24. The summed E-state index contributed by atoms with van der Waals surface area (Å²) in [4.78, 5) is 28.3. The Morgan fingerprint density at radius 3 is 2.71 bits per heavy atom. The Kier molecular flexibility index (Phi) is 2.58. The molecule has 5 heteroatoms. The van der Waals surface area contributed by atoms with E-state index in [1.54, 1.807) is 16.5 Å². The number of aromatic nitrogens is 1. The van der Waals surface area contributed by atoms with E-state index in [0.29, 0.717) is 30.9 Å². The lowest BCUT2D eigenvalue weighted by atomic mass is 10.1. The molecule has 0 aromatic carbocycles. The second kappa shape index (κ2) is 3.88. The summed E-state index contributed by atoms with van der Waals surface area (Å²) in [6.07, 6.45) is 2.58. The third-order valence-electron chi connectivity index (χ3n) is 2.22. The van der Waals surface area contributed by atoms with Crippen LogP contribution in [0.1, 0.15) is 22.6 Å². The molecule has 0 bridgehead atoms. The van der Waals surface area contributed by atoms with Crippen LogP contribution < -0.4 is 0 Å². The number of hydrogen-bond donors (Lipinski definition) is 0. The Hall–Kier alpha value is -1.23. The van der Waals surface area contributed by atoms with Gasteiger partial charge >= 0.3 is 0 Å². The lowest BCUT2D eigenvalue weighted by molar-refractivity contribution is -0.120. The molecule has 2 heterocycles. The highest BCUT2D eigenvalue weighted by Crippen LogP contribution is 2.12.